The van der Waals surface area contributed by atoms with Crippen molar-refractivity contribution in [1.82, 2.24) is 0 Å². The highest BCUT2D eigenvalue weighted by molar-refractivity contribution is 6.33. The Hall–Kier alpha value is -2.24. The van der Waals surface area contributed by atoms with Crippen molar-refractivity contribution in [3.8, 4) is 5.75 Å². The van der Waals surface area contributed by atoms with E-state index in [0.717, 1.165) is 0 Å². The third-order valence-electron chi connectivity index (χ3n) is 2.86. The maximum atomic E-state index is 12.0. The second-order valence-electron chi connectivity index (χ2n) is 4.45. The molecule has 5 nitrogen and oxygen atoms in total. The Morgan fingerprint density at radius 2 is 1.87 bits per heavy atom. The van der Waals surface area contributed by atoms with Crippen LogP contribution in [0.4, 0.5) is 5.69 Å². The quantitative estimate of drug-likeness (QED) is 0.830. The first-order valence-corrected chi connectivity index (χ1v) is 7.32. The fraction of sp³-hybridized carbons (Fsp3) is 0.125. The summed E-state index contributed by atoms with van der Waals surface area (Å²) in [5.74, 6) is -0.906. The van der Waals surface area contributed by atoms with Crippen molar-refractivity contribution < 1.29 is 19.1 Å². The van der Waals surface area contributed by atoms with Crippen LogP contribution in [0.15, 0.2) is 42.5 Å². The Morgan fingerprint density at radius 1 is 1.13 bits per heavy atom. The van der Waals surface area contributed by atoms with Crippen LogP contribution in [0.25, 0.3) is 0 Å². The number of methoxy groups -OCH3 is 1. The normalized spacial score (nSPS) is 10.0. The van der Waals surface area contributed by atoms with Gasteiger partial charge in [0.25, 0.3) is 5.91 Å². The highest BCUT2D eigenvalue weighted by Crippen LogP contribution is 2.23. The van der Waals surface area contributed by atoms with Crippen molar-refractivity contribution in [3.05, 3.63) is 58.1 Å². The van der Waals surface area contributed by atoms with Crippen molar-refractivity contribution in [1.29, 1.82) is 0 Å². The van der Waals surface area contributed by atoms with E-state index in [0.29, 0.717) is 21.5 Å². The Morgan fingerprint density at radius 3 is 2.57 bits per heavy atom. The average Bonchev–Trinajstić information content (AvgIpc) is 2.54. The number of para-hydroxylation sites is 1. The standard InChI is InChI=1S/C16H13Cl2NO4/c1-22-14-7-6-10(17)8-11(14)16(21)23-9-15(20)19-13-5-3-2-4-12(13)18/h2-8H,9H2,1H3,(H,19,20). The van der Waals surface area contributed by atoms with Crippen LogP contribution in [0.1, 0.15) is 10.4 Å². The SMILES string of the molecule is COc1ccc(Cl)cc1C(=O)OCC(=O)Nc1ccccc1Cl. The molecule has 0 spiro atoms. The summed E-state index contributed by atoms with van der Waals surface area (Å²) in [5.41, 5.74) is 0.584. The highest BCUT2D eigenvalue weighted by Gasteiger charge is 2.16. The molecular weight excluding hydrogens is 341 g/mol. The monoisotopic (exact) mass is 353 g/mol. The second kappa shape index (κ2) is 7.85. The number of carbonyl (C=O) groups excluding carboxylic acids is 2. The number of ether oxygens (including phenoxy) is 2. The first kappa shape index (κ1) is 17.1. The lowest BCUT2D eigenvalue weighted by Gasteiger charge is -2.10. The Kier molecular flexibility index (Phi) is 5.84. The number of hydrogen-bond acceptors (Lipinski definition) is 4. The van der Waals surface area contributed by atoms with E-state index in [1.807, 2.05) is 0 Å². The zero-order valence-corrected chi connectivity index (χ0v) is 13.6. The fourth-order valence-corrected chi connectivity index (χ4v) is 2.15. The van der Waals surface area contributed by atoms with E-state index in [2.05, 4.69) is 5.32 Å². The Balaban J connectivity index is 1.98. The molecule has 7 heteroatoms. The van der Waals surface area contributed by atoms with Gasteiger partial charge in [-0.15, -0.1) is 0 Å². The lowest BCUT2D eigenvalue weighted by Crippen LogP contribution is -2.21. The molecule has 0 bridgehead atoms. The molecule has 120 valence electrons. The Labute approximate surface area is 143 Å². The summed E-state index contributed by atoms with van der Waals surface area (Å²) in [4.78, 5) is 23.9. The van der Waals surface area contributed by atoms with Gasteiger partial charge < -0.3 is 14.8 Å². The first-order valence-electron chi connectivity index (χ1n) is 6.56. The summed E-state index contributed by atoms with van der Waals surface area (Å²) in [5, 5.41) is 3.30. The van der Waals surface area contributed by atoms with E-state index in [1.54, 1.807) is 36.4 Å². The van der Waals surface area contributed by atoms with E-state index < -0.39 is 18.5 Å². The number of esters is 1. The van der Waals surface area contributed by atoms with E-state index in [4.69, 9.17) is 32.7 Å². The third-order valence-corrected chi connectivity index (χ3v) is 3.43. The largest absolute Gasteiger partial charge is 0.496 e. The van der Waals surface area contributed by atoms with E-state index in [9.17, 15) is 9.59 Å². The number of hydrogen-bond donors (Lipinski definition) is 1. The maximum absolute atomic E-state index is 12.0. The van der Waals surface area contributed by atoms with E-state index in [1.165, 1.54) is 13.2 Å². The van der Waals surface area contributed by atoms with Gasteiger partial charge in [0.15, 0.2) is 6.61 Å². The summed E-state index contributed by atoms with van der Waals surface area (Å²) >= 11 is 11.8. The highest BCUT2D eigenvalue weighted by atomic mass is 35.5. The second-order valence-corrected chi connectivity index (χ2v) is 5.29. The molecule has 0 saturated heterocycles. The van der Waals surface area contributed by atoms with Crippen molar-refractivity contribution in [2.24, 2.45) is 0 Å². The van der Waals surface area contributed by atoms with Gasteiger partial charge in [-0.1, -0.05) is 35.3 Å². The summed E-state index contributed by atoms with van der Waals surface area (Å²) in [6.07, 6.45) is 0. The molecule has 0 fully saturated rings. The molecule has 0 heterocycles. The van der Waals surface area contributed by atoms with Crippen LogP contribution >= 0.6 is 23.2 Å². The molecule has 0 aliphatic heterocycles. The van der Waals surface area contributed by atoms with Gasteiger partial charge in [-0.05, 0) is 30.3 Å². The molecule has 0 unspecified atom stereocenters. The average molecular weight is 354 g/mol. The minimum absolute atomic E-state index is 0.144. The molecule has 0 aromatic heterocycles. The van der Waals surface area contributed by atoms with Crippen LogP contribution in [-0.4, -0.2) is 25.6 Å². The number of amides is 1. The van der Waals surface area contributed by atoms with Gasteiger partial charge in [0, 0.05) is 5.02 Å². The van der Waals surface area contributed by atoms with Crippen LogP contribution in [0.2, 0.25) is 10.0 Å². The van der Waals surface area contributed by atoms with Crippen LogP contribution < -0.4 is 10.1 Å². The minimum Gasteiger partial charge on any atom is -0.496 e. The van der Waals surface area contributed by atoms with Gasteiger partial charge in [0.05, 0.1) is 17.8 Å². The molecule has 2 rings (SSSR count). The van der Waals surface area contributed by atoms with Crippen molar-refractivity contribution in [2.45, 2.75) is 0 Å². The van der Waals surface area contributed by atoms with Gasteiger partial charge in [0.1, 0.15) is 11.3 Å². The molecule has 23 heavy (non-hydrogen) atoms. The lowest BCUT2D eigenvalue weighted by atomic mass is 10.2. The van der Waals surface area contributed by atoms with E-state index >= 15 is 0 Å². The molecule has 2 aromatic carbocycles. The van der Waals surface area contributed by atoms with Gasteiger partial charge >= 0.3 is 5.97 Å². The molecule has 0 saturated carbocycles. The molecular formula is C16H13Cl2NO4. The predicted octanol–water partition coefficient (Wildman–Crippen LogP) is 3.80. The molecule has 0 atom stereocenters. The van der Waals surface area contributed by atoms with Gasteiger partial charge in [0.2, 0.25) is 0 Å². The number of benzene rings is 2. The van der Waals surface area contributed by atoms with Crippen LogP contribution in [-0.2, 0) is 9.53 Å². The number of nitrogens with one attached hydrogen (secondary N) is 1. The molecule has 2 aromatic rings. The van der Waals surface area contributed by atoms with Crippen LogP contribution in [0.3, 0.4) is 0 Å². The first-order chi connectivity index (χ1) is 11.0. The van der Waals surface area contributed by atoms with Crippen LogP contribution in [0.5, 0.6) is 5.75 Å². The van der Waals surface area contributed by atoms with E-state index in [-0.39, 0.29) is 5.56 Å². The molecule has 0 aliphatic carbocycles. The van der Waals surface area contributed by atoms with Crippen molar-refractivity contribution >= 4 is 40.8 Å². The minimum atomic E-state index is -0.710. The summed E-state index contributed by atoms with van der Waals surface area (Å²) in [7, 11) is 1.42. The molecule has 0 radical (unpaired) electrons. The Bertz CT molecular complexity index is 734. The van der Waals surface area contributed by atoms with Crippen molar-refractivity contribution in [3.63, 3.8) is 0 Å². The van der Waals surface area contributed by atoms with Crippen LogP contribution in [0, 0.1) is 0 Å². The molecule has 0 aliphatic rings. The number of halogens is 2. The predicted molar refractivity (Wildman–Crippen MR) is 88.4 cm³/mol. The smallest absolute Gasteiger partial charge is 0.342 e. The topological polar surface area (TPSA) is 64.6 Å². The zero-order chi connectivity index (χ0) is 16.8. The number of carbonyl (C=O) groups is 2. The summed E-state index contributed by atoms with van der Waals surface area (Å²) < 4.78 is 10.0. The number of rotatable bonds is 5. The molecule has 1 amide bonds. The van der Waals surface area contributed by atoms with Gasteiger partial charge in [-0.2, -0.15) is 0 Å². The zero-order valence-electron chi connectivity index (χ0n) is 12.1. The summed E-state index contributed by atoms with van der Waals surface area (Å²) in [6.45, 7) is -0.459. The third kappa shape index (κ3) is 4.61. The van der Waals surface area contributed by atoms with Gasteiger partial charge in [-0.25, -0.2) is 4.79 Å². The summed E-state index contributed by atoms with van der Waals surface area (Å²) in [6, 6.07) is 11.3. The molecule has 1 N–H and O–H groups in total. The lowest BCUT2D eigenvalue weighted by molar-refractivity contribution is -0.119. The number of anilines is 1. The van der Waals surface area contributed by atoms with Gasteiger partial charge in [-0.3, -0.25) is 4.79 Å². The van der Waals surface area contributed by atoms with Crippen molar-refractivity contribution in [2.75, 3.05) is 19.0 Å². The maximum Gasteiger partial charge on any atom is 0.342 e. The fourth-order valence-electron chi connectivity index (χ4n) is 1.80.